The lowest BCUT2D eigenvalue weighted by Crippen LogP contribution is -2.72. The second-order valence-electron chi connectivity index (χ2n) is 8.53. The summed E-state index contributed by atoms with van der Waals surface area (Å²) in [4.78, 5) is 18.7. The van der Waals surface area contributed by atoms with Crippen LogP contribution >= 0.6 is 15.9 Å². The third-order valence-electron chi connectivity index (χ3n) is 5.82. The third kappa shape index (κ3) is 5.35. The summed E-state index contributed by atoms with van der Waals surface area (Å²) in [6.45, 7) is 7.01. The number of rotatable bonds is 7. The molecule has 0 radical (unpaired) electrons. The number of anilines is 1. The van der Waals surface area contributed by atoms with Crippen LogP contribution in [0.25, 0.3) is 11.1 Å². The minimum absolute atomic E-state index is 0.0474. The number of aromatic nitrogens is 1. The molecule has 0 saturated carbocycles. The van der Waals surface area contributed by atoms with E-state index in [1.165, 1.54) is 0 Å². The summed E-state index contributed by atoms with van der Waals surface area (Å²) in [6.07, 6.45) is 0. The number of nitrogens with two attached hydrogens (primary N) is 1. The molecule has 1 saturated heterocycles. The summed E-state index contributed by atoms with van der Waals surface area (Å²) >= 11 is 3.49. The number of nitrogens with one attached hydrogen (secondary N) is 1. The van der Waals surface area contributed by atoms with Crippen LogP contribution in [0.5, 0.6) is 0 Å². The highest BCUT2D eigenvalue weighted by molar-refractivity contribution is 9.10. The molecule has 1 aliphatic heterocycles. The van der Waals surface area contributed by atoms with Crippen molar-refractivity contribution in [3.8, 4) is 11.1 Å². The van der Waals surface area contributed by atoms with Crippen molar-refractivity contribution in [2.45, 2.75) is 13.8 Å². The summed E-state index contributed by atoms with van der Waals surface area (Å²) in [5.41, 5.74) is 4.54. The predicted octanol–water partition coefficient (Wildman–Crippen LogP) is 4.60. The van der Waals surface area contributed by atoms with Gasteiger partial charge >= 0.3 is 5.97 Å². The second kappa shape index (κ2) is 10.5. The fourth-order valence-electron chi connectivity index (χ4n) is 4.01. The van der Waals surface area contributed by atoms with Gasteiger partial charge in [-0.25, -0.2) is 4.79 Å². The summed E-state index contributed by atoms with van der Waals surface area (Å²) in [5, 5.41) is 20.5. The first kappa shape index (κ1) is 24.1. The van der Waals surface area contributed by atoms with E-state index in [9.17, 15) is 9.90 Å². The van der Waals surface area contributed by atoms with E-state index in [1.807, 2.05) is 67.7 Å². The number of ether oxygens (including phenoxy) is 1. The molecule has 1 aliphatic rings. The van der Waals surface area contributed by atoms with E-state index in [4.69, 9.17) is 10.1 Å². The molecule has 0 spiro atoms. The van der Waals surface area contributed by atoms with Gasteiger partial charge in [-0.2, -0.15) is 4.98 Å². The van der Waals surface area contributed by atoms with Crippen LogP contribution in [-0.2, 0) is 4.74 Å². The number of benzene rings is 2. The Kier molecular flexibility index (Phi) is 7.41. The van der Waals surface area contributed by atoms with Crippen LogP contribution in [0.3, 0.4) is 0 Å². The average Bonchev–Trinajstić information content (AvgIpc) is 2.83. The monoisotopic (exact) mass is 523 g/mol. The number of aromatic carboxylic acids is 1. The molecule has 2 aromatic carbocycles. The van der Waals surface area contributed by atoms with Crippen molar-refractivity contribution in [3.63, 3.8) is 0 Å². The summed E-state index contributed by atoms with van der Waals surface area (Å²) in [6, 6.07) is 17.4. The molecule has 0 bridgehead atoms. The van der Waals surface area contributed by atoms with E-state index in [2.05, 4.69) is 25.8 Å². The molecule has 0 amide bonds. The normalized spacial score (nSPS) is 13.8. The Morgan fingerprint density at radius 2 is 1.85 bits per heavy atom. The molecule has 0 unspecified atom stereocenters. The lowest BCUT2D eigenvalue weighted by molar-refractivity contribution is -0.483. The van der Waals surface area contributed by atoms with E-state index in [0.717, 1.165) is 34.5 Å². The molecule has 8 heteroatoms. The minimum atomic E-state index is -1.10. The molecule has 4 N–H and O–H groups in total. The van der Waals surface area contributed by atoms with Crippen LogP contribution in [0.15, 0.2) is 59.1 Å². The number of hydrogen-bond donors (Lipinski definition) is 3. The predicted molar refractivity (Wildman–Crippen MR) is 137 cm³/mol. The number of pyridine rings is 1. The number of hydrogen-bond acceptors (Lipinski definition) is 5. The molecular formula is C26H28BrN4O3+. The summed E-state index contributed by atoms with van der Waals surface area (Å²) in [7, 11) is 0. The lowest BCUT2D eigenvalue weighted by Gasteiger charge is -2.29. The zero-order valence-electron chi connectivity index (χ0n) is 19.2. The lowest BCUT2D eigenvalue weighted by atomic mass is 9.91. The Bertz CT molecular complexity index is 1210. The highest BCUT2D eigenvalue weighted by atomic mass is 79.9. The van der Waals surface area contributed by atoms with Crippen LogP contribution in [0.2, 0.25) is 0 Å². The van der Waals surface area contributed by atoms with Crippen LogP contribution in [-0.4, -0.2) is 48.1 Å². The molecule has 2 heterocycles. The Labute approximate surface area is 207 Å². The molecule has 1 aromatic heterocycles. The molecule has 0 aliphatic carbocycles. The molecule has 176 valence electrons. The molecule has 1 fully saturated rings. The van der Waals surface area contributed by atoms with E-state index in [1.54, 1.807) is 6.07 Å². The zero-order valence-corrected chi connectivity index (χ0v) is 20.8. The number of morpholine rings is 1. The number of halogens is 1. The number of quaternary nitrogens is 1. The van der Waals surface area contributed by atoms with Gasteiger partial charge in [0.15, 0.2) is 5.69 Å². The summed E-state index contributed by atoms with van der Waals surface area (Å²) < 4.78 is 6.36. The molecule has 3 aromatic rings. The van der Waals surface area contributed by atoms with Crippen molar-refractivity contribution in [1.29, 1.82) is 5.41 Å². The van der Waals surface area contributed by atoms with E-state index in [-0.39, 0.29) is 11.6 Å². The van der Waals surface area contributed by atoms with Crippen LogP contribution in [0.1, 0.15) is 29.9 Å². The van der Waals surface area contributed by atoms with Crippen LogP contribution in [0.4, 0.5) is 17.2 Å². The Hall–Kier alpha value is -3.07. The maximum absolute atomic E-state index is 12.0. The fourth-order valence-corrected chi connectivity index (χ4v) is 4.42. The molecule has 0 atom stereocenters. The fraction of sp³-hybridized carbons (Fsp3) is 0.269. The Morgan fingerprint density at radius 1 is 1.15 bits per heavy atom. The third-order valence-corrected chi connectivity index (χ3v) is 6.31. The SMILES string of the molecule is CC(C)C(=N)c1c(-c2ccc(N3CCOCC3)cc2)cc(C(=O)O)nc1[NH2+]c1cccc(Br)c1. The van der Waals surface area contributed by atoms with Crippen molar-refractivity contribution in [3.05, 3.63) is 70.3 Å². The molecule has 34 heavy (non-hydrogen) atoms. The topological polar surface area (TPSA) is 103 Å². The van der Waals surface area contributed by atoms with Gasteiger partial charge in [0.1, 0.15) is 5.69 Å². The van der Waals surface area contributed by atoms with Crippen LogP contribution in [0, 0.1) is 11.3 Å². The molecule has 4 rings (SSSR count). The van der Waals surface area contributed by atoms with Gasteiger partial charge in [0.05, 0.1) is 18.8 Å². The zero-order chi connectivity index (χ0) is 24.2. The van der Waals surface area contributed by atoms with E-state index >= 15 is 0 Å². The largest absolute Gasteiger partial charge is 0.477 e. The van der Waals surface area contributed by atoms with Gasteiger partial charge in [0, 0.05) is 40.6 Å². The van der Waals surface area contributed by atoms with Gasteiger partial charge in [-0.1, -0.05) is 48.0 Å². The number of carboxylic acid groups (broad SMARTS) is 1. The maximum Gasteiger partial charge on any atom is 0.354 e. The van der Waals surface area contributed by atoms with Crippen molar-refractivity contribution in [2.75, 3.05) is 31.2 Å². The standard InChI is InChI=1S/C26H27BrN4O3/c1-16(2)24(28)23-21(17-6-8-20(9-7-17)31-10-12-34-13-11-31)15-22(26(32)33)30-25(23)29-19-5-3-4-18(27)14-19/h3-9,14-16,28H,10-13H2,1-2H3,(H,29,30)(H,32,33)/p+1. The van der Waals surface area contributed by atoms with Gasteiger partial charge in [-0.3, -0.25) is 5.32 Å². The number of carbonyl (C=O) groups is 1. The van der Waals surface area contributed by atoms with Gasteiger partial charge in [-0.05, 0) is 41.8 Å². The highest BCUT2D eigenvalue weighted by Crippen LogP contribution is 2.32. The number of carboxylic acids is 1. The quantitative estimate of drug-likeness (QED) is 0.310. The molecule has 7 nitrogen and oxygen atoms in total. The first-order chi connectivity index (χ1) is 16.3. The first-order valence-electron chi connectivity index (χ1n) is 11.2. The van der Waals surface area contributed by atoms with Gasteiger partial charge in [0.2, 0.25) is 5.82 Å². The van der Waals surface area contributed by atoms with Crippen molar-refractivity contribution in [1.82, 2.24) is 4.98 Å². The second-order valence-corrected chi connectivity index (χ2v) is 9.45. The Balaban J connectivity index is 1.83. The average molecular weight is 524 g/mol. The van der Waals surface area contributed by atoms with E-state index < -0.39 is 5.97 Å². The highest BCUT2D eigenvalue weighted by Gasteiger charge is 2.25. The van der Waals surface area contributed by atoms with Gasteiger partial charge in [-0.15, -0.1) is 0 Å². The van der Waals surface area contributed by atoms with E-state index in [0.29, 0.717) is 35.9 Å². The van der Waals surface area contributed by atoms with Gasteiger partial charge in [0.25, 0.3) is 0 Å². The van der Waals surface area contributed by atoms with Crippen molar-refractivity contribution < 1.29 is 20.0 Å². The Morgan fingerprint density at radius 3 is 2.47 bits per heavy atom. The molecular weight excluding hydrogens is 496 g/mol. The number of nitrogens with zero attached hydrogens (tertiary/aromatic N) is 2. The minimum Gasteiger partial charge on any atom is -0.477 e. The smallest absolute Gasteiger partial charge is 0.354 e. The first-order valence-corrected chi connectivity index (χ1v) is 12.0. The maximum atomic E-state index is 12.0. The van der Waals surface area contributed by atoms with Gasteiger partial charge < -0.3 is 20.2 Å². The summed E-state index contributed by atoms with van der Waals surface area (Å²) in [5.74, 6) is -0.680. The van der Waals surface area contributed by atoms with Crippen LogP contribution < -0.4 is 10.2 Å². The van der Waals surface area contributed by atoms with Crippen molar-refractivity contribution in [2.24, 2.45) is 5.92 Å². The van der Waals surface area contributed by atoms with Crippen molar-refractivity contribution >= 4 is 44.8 Å².